The van der Waals surface area contributed by atoms with E-state index in [1.54, 1.807) is 43.3 Å². The van der Waals surface area contributed by atoms with Crippen molar-refractivity contribution in [2.75, 3.05) is 17.2 Å². The molecule has 0 aliphatic heterocycles. The molecule has 9 heteroatoms. The molecule has 7 nitrogen and oxygen atoms in total. The van der Waals surface area contributed by atoms with Crippen molar-refractivity contribution in [1.29, 1.82) is 0 Å². The van der Waals surface area contributed by atoms with Gasteiger partial charge < -0.3 is 20.1 Å². The van der Waals surface area contributed by atoms with E-state index in [2.05, 4.69) is 26.6 Å². The van der Waals surface area contributed by atoms with Crippen molar-refractivity contribution in [2.24, 2.45) is 0 Å². The summed E-state index contributed by atoms with van der Waals surface area (Å²) in [6, 6.07) is 18.2. The van der Waals surface area contributed by atoms with Crippen LogP contribution in [0.5, 0.6) is 11.5 Å². The number of aryl methyl sites for hydroxylation is 1. The van der Waals surface area contributed by atoms with Crippen LogP contribution in [0, 0.1) is 13.8 Å². The van der Waals surface area contributed by atoms with Gasteiger partial charge in [-0.2, -0.15) is 0 Å². The third-order valence-electron chi connectivity index (χ3n) is 5.16. The van der Waals surface area contributed by atoms with Crippen molar-refractivity contribution in [1.82, 2.24) is 0 Å². The summed E-state index contributed by atoms with van der Waals surface area (Å²) in [5.74, 6) is 0.130. The summed E-state index contributed by atoms with van der Waals surface area (Å²) in [7, 11) is 0. The molecule has 2 N–H and O–H groups in total. The maximum absolute atomic E-state index is 12.2. The Labute approximate surface area is 223 Å². The summed E-state index contributed by atoms with van der Waals surface area (Å²) in [5, 5.41) is 5.94. The maximum atomic E-state index is 12.2. The molecule has 3 rings (SSSR count). The lowest BCUT2D eigenvalue weighted by atomic mass is 10.2. The molecule has 0 unspecified atom stereocenters. The molecular weight excluding hydrogens is 548 g/mol. The highest BCUT2D eigenvalue weighted by molar-refractivity contribution is 9.10. The van der Waals surface area contributed by atoms with Crippen LogP contribution in [0.1, 0.15) is 30.4 Å². The van der Waals surface area contributed by atoms with E-state index in [1.165, 1.54) is 0 Å². The highest BCUT2D eigenvalue weighted by Gasteiger charge is 2.12. The summed E-state index contributed by atoms with van der Waals surface area (Å²) in [5.41, 5.74) is 3.01. The van der Waals surface area contributed by atoms with Crippen molar-refractivity contribution in [3.63, 3.8) is 0 Å². The standard InChI is InChI=1S/C27H26BrClN2O5/c1-17-6-10-20(11-7-17)36-21-12-8-19(9-13-21)30-24(32)4-3-5-26(34)35-16-25(33)31-23-15-14-22(28)27(29)18(23)2/h6-15H,3-5,16H2,1-2H3,(H,30,32)(H,31,33). The summed E-state index contributed by atoms with van der Waals surface area (Å²) >= 11 is 9.46. The number of amides is 2. The number of benzene rings is 3. The number of halogens is 2. The van der Waals surface area contributed by atoms with Crippen molar-refractivity contribution in [2.45, 2.75) is 33.1 Å². The summed E-state index contributed by atoms with van der Waals surface area (Å²) < 4.78 is 11.5. The number of rotatable bonds is 10. The number of hydrogen-bond donors (Lipinski definition) is 2. The molecule has 0 aliphatic rings. The Morgan fingerprint density at radius 2 is 1.47 bits per heavy atom. The van der Waals surface area contributed by atoms with E-state index >= 15 is 0 Å². The van der Waals surface area contributed by atoms with Gasteiger partial charge in [-0.3, -0.25) is 14.4 Å². The number of anilines is 2. The van der Waals surface area contributed by atoms with Crippen LogP contribution in [0.3, 0.4) is 0 Å². The summed E-state index contributed by atoms with van der Waals surface area (Å²) in [6.07, 6.45) is 0.453. The van der Waals surface area contributed by atoms with Crippen molar-refractivity contribution >= 4 is 56.7 Å². The van der Waals surface area contributed by atoms with Gasteiger partial charge in [0.05, 0.1) is 5.02 Å². The molecule has 0 saturated carbocycles. The van der Waals surface area contributed by atoms with Crippen LogP contribution in [0.15, 0.2) is 65.1 Å². The molecule has 0 saturated heterocycles. The minimum atomic E-state index is -0.555. The summed E-state index contributed by atoms with van der Waals surface area (Å²) in [6.45, 7) is 3.36. The first-order valence-electron chi connectivity index (χ1n) is 11.3. The van der Waals surface area contributed by atoms with E-state index in [0.717, 1.165) is 15.8 Å². The smallest absolute Gasteiger partial charge is 0.306 e. The third kappa shape index (κ3) is 8.39. The molecule has 36 heavy (non-hydrogen) atoms. The average molecular weight is 574 g/mol. The first-order chi connectivity index (χ1) is 17.2. The van der Waals surface area contributed by atoms with Crippen molar-refractivity contribution < 1.29 is 23.9 Å². The van der Waals surface area contributed by atoms with Gasteiger partial charge in [-0.25, -0.2) is 0 Å². The molecule has 3 aromatic carbocycles. The molecule has 2 amide bonds. The van der Waals surface area contributed by atoms with Gasteiger partial charge >= 0.3 is 5.97 Å². The Balaban J connectivity index is 1.34. The Kier molecular flexibility index (Phi) is 9.90. The Hall–Kier alpha value is -3.36. The quantitative estimate of drug-likeness (QED) is 0.260. The lowest BCUT2D eigenvalue weighted by Crippen LogP contribution is -2.21. The minimum absolute atomic E-state index is 0.0210. The van der Waals surface area contributed by atoms with Gasteiger partial charge in [0.2, 0.25) is 5.91 Å². The van der Waals surface area contributed by atoms with Gasteiger partial charge in [0.15, 0.2) is 6.61 Å². The largest absolute Gasteiger partial charge is 0.457 e. The molecule has 0 radical (unpaired) electrons. The highest BCUT2D eigenvalue weighted by Crippen LogP contribution is 2.31. The molecule has 0 heterocycles. The van der Waals surface area contributed by atoms with Crippen LogP contribution in [0.2, 0.25) is 5.02 Å². The minimum Gasteiger partial charge on any atom is -0.457 e. The second kappa shape index (κ2) is 13.1. The van der Waals surface area contributed by atoms with E-state index in [-0.39, 0.29) is 18.7 Å². The predicted molar refractivity (Wildman–Crippen MR) is 144 cm³/mol. The fourth-order valence-electron chi connectivity index (χ4n) is 3.16. The molecular formula is C27H26BrClN2O5. The van der Waals surface area contributed by atoms with Gasteiger partial charge in [-0.05, 0) is 90.3 Å². The second-order valence-corrected chi connectivity index (χ2v) is 9.32. The number of hydrogen-bond acceptors (Lipinski definition) is 5. The number of esters is 1. The molecule has 0 aliphatic carbocycles. The van der Waals surface area contributed by atoms with Crippen molar-refractivity contribution in [3.8, 4) is 11.5 Å². The molecule has 0 spiro atoms. The van der Waals surface area contributed by atoms with E-state index in [4.69, 9.17) is 21.1 Å². The van der Waals surface area contributed by atoms with Crippen LogP contribution in [0.25, 0.3) is 0 Å². The van der Waals surface area contributed by atoms with Crippen LogP contribution < -0.4 is 15.4 Å². The third-order valence-corrected chi connectivity index (χ3v) is 6.53. The van der Waals surface area contributed by atoms with Gasteiger partial charge in [0.1, 0.15) is 11.5 Å². The van der Waals surface area contributed by atoms with E-state index in [1.807, 2.05) is 31.2 Å². The zero-order valence-electron chi connectivity index (χ0n) is 19.9. The molecule has 0 fully saturated rings. The van der Waals surface area contributed by atoms with Crippen LogP contribution in [-0.2, 0) is 19.1 Å². The fourth-order valence-corrected chi connectivity index (χ4v) is 3.75. The Morgan fingerprint density at radius 3 is 2.14 bits per heavy atom. The zero-order valence-corrected chi connectivity index (χ0v) is 22.2. The van der Waals surface area contributed by atoms with E-state index in [0.29, 0.717) is 34.1 Å². The monoisotopic (exact) mass is 572 g/mol. The summed E-state index contributed by atoms with van der Waals surface area (Å²) in [4.78, 5) is 36.2. The normalized spacial score (nSPS) is 10.4. The number of ether oxygens (including phenoxy) is 2. The number of carbonyl (C=O) groups is 3. The first-order valence-corrected chi connectivity index (χ1v) is 12.4. The molecule has 0 bridgehead atoms. The van der Waals surface area contributed by atoms with Gasteiger partial charge in [-0.15, -0.1) is 0 Å². The highest BCUT2D eigenvalue weighted by atomic mass is 79.9. The average Bonchev–Trinajstić information content (AvgIpc) is 2.86. The second-order valence-electron chi connectivity index (χ2n) is 8.08. The van der Waals surface area contributed by atoms with E-state index < -0.39 is 18.5 Å². The van der Waals surface area contributed by atoms with Crippen molar-refractivity contribution in [3.05, 3.63) is 81.3 Å². The molecule has 0 aromatic heterocycles. The predicted octanol–water partition coefficient (Wildman–Crippen LogP) is 6.80. The molecule has 3 aromatic rings. The van der Waals surface area contributed by atoms with Crippen LogP contribution >= 0.6 is 27.5 Å². The van der Waals surface area contributed by atoms with Gasteiger partial charge in [0.25, 0.3) is 5.91 Å². The van der Waals surface area contributed by atoms with E-state index in [9.17, 15) is 14.4 Å². The van der Waals surface area contributed by atoms with Gasteiger partial charge in [-0.1, -0.05) is 29.3 Å². The fraction of sp³-hybridized carbons (Fsp3) is 0.222. The Morgan fingerprint density at radius 1 is 0.833 bits per heavy atom. The lowest BCUT2D eigenvalue weighted by Gasteiger charge is -2.11. The SMILES string of the molecule is Cc1ccc(Oc2ccc(NC(=O)CCCC(=O)OCC(=O)Nc3ccc(Br)c(Cl)c3C)cc2)cc1. The maximum Gasteiger partial charge on any atom is 0.306 e. The lowest BCUT2D eigenvalue weighted by molar-refractivity contribution is -0.147. The molecule has 0 atom stereocenters. The van der Waals surface area contributed by atoms with Gasteiger partial charge in [0, 0.05) is 28.7 Å². The van der Waals surface area contributed by atoms with Crippen LogP contribution in [0.4, 0.5) is 11.4 Å². The number of nitrogens with one attached hydrogen (secondary N) is 2. The molecule has 188 valence electrons. The zero-order chi connectivity index (χ0) is 26.1. The van der Waals surface area contributed by atoms with Crippen LogP contribution in [-0.4, -0.2) is 24.4 Å². The Bertz CT molecular complexity index is 1230. The number of carbonyl (C=O) groups excluding carboxylic acids is 3. The topological polar surface area (TPSA) is 93.7 Å². The first kappa shape index (κ1) is 27.2.